The first-order chi connectivity index (χ1) is 8.31. The normalized spacial score (nSPS) is 15.1. The highest BCUT2D eigenvalue weighted by Gasteiger charge is 2.18. The molecule has 1 fully saturated rings. The van der Waals surface area contributed by atoms with Gasteiger partial charge in [-0.15, -0.1) is 0 Å². The van der Waals surface area contributed by atoms with Crippen LogP contribution in [-0.2, 0) is 0 Å². The van der Waals surface area contributed by atoms with E-state index in [9.17, 15) is 4.79 Å². The monoisotopic (exact) mass is 232 g/mol. The van der Waals surface area contributed by atoms with Gasteiger partial charge in [0.15, 0.2) is 0 Å². The van der Waals surface area contributed by atoms with Gasteiger partial charge in [-0.1, -0.05) is 18.6 Å². The molecule has 2 N–H and O–H groups in total. The van der Waals surface area contributed by atoms with Crippen molar-refractivity contribution < 1.29 is 4.79 Å². The van der Waals surface area contributed by atoms with Crippen molar-refractivity contribution >= 4 is 11.6 Å². The van der Waals surface area contributed by atoms with Gasteiger partial charge in [0, 0.05) is 18.8 Å². The third kappa shape index (κ3) is 2.99. The van der Waals surface area contributed by atoms with E-state index >= 15 is 0 Å². The van der Waals surface area contributed by atoms with Crippen LogP contribution in [0.4, 0.5) is 5.69 Å². The molecule has 1 saturated carbocycles. The molecule has 17 heavy (non-hydrogen) atoms. The van der Waals surface area contributed by atoms with Gasteiger partial charge < -0.3 is 10.6 Å². The number of anilines is 1. The Bertz CT molecular complexity index is 386. The lowest BCUT2D eigenvalue weighted by Crippen LogP contribution is -2.32. The van der Waals surface area contributed by atoms with E-state index in [2.05, 4.69) is 10.6 Å². The summed E-state index contributed by atoms with van der Waals surface area (Å²) in [4.78, 5) is 12.0. The molecule has 1 aliphatic carbocycles. The van der Waals surface area contributed by atoms with Crippen LogP contribution in [-0.4, -0.2) is 19.0 Å². The van der Waals surface area contributed by atoms with Crippen LogP contribution in [0.2, 0.25) is 0 Å². The highest BCUT2D eigenvalue weighted by atomic mass is 16.1. The molecule has 2 rings (SSSR count). The Morgan fingerprint density at radius 2 is 2.12 bits per heavy atom. The van der Waals surface area contributed by atoms with E-state index in [4.69, 9.17) is 0 Å². The molecule has 0 aromatic heterocycles. The molecule has 0 bridgehead atoms. The molecule has 3 heteroatoms. The van der Waals surface area contributed by atoms with E-state index in [-0.39, 0.29) is 5.91 Å². The zero-order valence-corrected chi connectivity index (χ0v) is 10.3. The molecule has 0 unspecified atom stereocenters. The maximum atomic E-state index is 12.0. The number of hydrogen-bond acceptors (Lipinski definition) is 2. The zero-order chi connectivity index (χ0) is 12.1. The summed E-state index contributed by atoms with van der Waals surface area (Å²) in [6.07, 6.45) is 3.83. The van der Waals surface area contributed by atoms with Gasteiger partial charge in [0.05, 0.1) is 5.56 Å². The third-order valence-corrected chi connectivity index (χ3v) is 3.31. The fourth-order valence-corrected chi connectivity index (χ4v) is 2.05. The van der Waals surface area contributed by atoms with Gasteiger partial charge in [-0.2, -0.15) is 0 Å². The van der Waals surface area contributed by atoms with Crippen molar-refractivity contribution in [1.82, 2.24) is 5.32 Å². The highest BCUT2D eigenvalue weighted by Crippen LogP contribution is 2.25. The number of carbonyl (C=O) groups is 1. The number of hydrogen-bond donors (Lipinski definition) is 2. The summed E-state index contributed by atoms with van der Waals surface area (Å²) < 4.78 is 0. The van der Waals surface area contributed by atoms with Crippen LogP contribution < -0.4 is 10.6 Å². The predicted octanol–water partition coefficient (Wildman–Crippen LogP) is 2.65. The maximum Gasteiger partial charge on any atom is 0.253 e. The van der Waals surface area contributed by atoms with Gasteiger partial charge >= 0.3 is 0 Å². The molecule has 0 heterocycles. The lowest BCUT2D eigenvalue weighted by atomic mass is 9.85. The number of nitrogens with one attached hydrogen (secondary N) is 2. The van der Waals surface area contributed by atoms with Crippen LogP contribution in [0.15, 0.2) is 24.3 Å². The molecule has 92 valence electrons. The van der Waals surface area contributed by atoms with E-state index in [1.54, 1.807) is 0 Å². The summed E-state index contributed by atoms with van der Waals surface area (Å²) in [5.74, 6) is 0.735. The largest absolute Gasteiger partial charge is 0.385 e. The SMILES string of the molecule is CCNc1ccccc1C(=O)NCC1CCC1. The second-order valence-corrected chi connectivity index (χ2v) is 4.58. The number of rotatable bonds is 5. The van der Waals surface area contributed by atoms with Crippen molar-refractivity contribution in [3.63, 3.8) is 0 Å². The molecule has 0 spiro atoms. The van der Waals surface area contributed by atoms with Crippen molar-refractivity contribution in [2.75, 3.05) is 18.4 Å². The van der Waals surface area contributed by atoms with Crippen LogP contribution in [0.1, 0.15) is 36.5 Å². The fourth-order valence-electron chi connectivity index (χ4n) is 2.05. The molecular formula is C14H20N2O. The molecule has 1 amide bonds. The van der Waals surface area contributed by atoms with Crippen LogP contribution in [0, 0.1) is 5.92 Å². The Kier molecular flexibility index (Phi) is 4.02. The summed E-state index contributed by atoms with van der Waals surface area (Å²) in [6.45, 7) is 3.68. The molecule has 1 aliphatic rings. The summed E-state index contributed by atoms with van der Waals surface area (Å²) in [6, 6.07) is 7.66. The first-order valence-electron chi connectivity index (χ1n) is 6.42. The van der Waals surface area contributed by atoms with Crippen LogP contribution in [0.3, 0.4) is 0 Å². The Hall–Kier alpha value is -1.51. The minimum atomic E-state index is 0.0356. The first kappa shape index (κ1) is 12.0. The maximum absolute atomic E-state index is 12.0. The summed E-state index contributed by atoms with van der Waals surface area (Å²) in [5.41, 5.74) is 1.66. The topological polar surface area (TPSA) is 41.1 Å². The van der Waals surface area contributed by atoms with E-state index in [0.717, 1.165) is 24.3 Å². The second kappa shape index (κ2) is 5.71. The standard InChI is InChI=1S/C14H20N2O/c1-2-15-13-9-4-3-8-12(13)14(17)16-10-11-6-5-7-11/h3-4,8-9,11,15H,2,5-7,10H2,1H3,(H,16,17). The van der Waals surface area contributed by atoms with Crippen LogP contribution in [0.5, 0.6) is 0 Å². The average Bonchev–Trinajstić information content (AvgIpc) is 2.28. The predicted molar refractivity (Wildman–Crippen MR) is 70.3 cm³/mol. The van der Waals surface area contributed by atoms with E-state index in [0.29, 0.717) is 5.92 Å². The molecule has 1 aromatic rings. The van der Waals surface area contributed by atoms with E-state index < -0.39 is 0 Å². The van der Waals surface area contributed by atoms with E-state index in [1.165, 1.54) is 19.3 Å². The molecule has 0 atom stereocenters. The molecular weight excluding hydrogens is 212 g/mol. The van der Waals surface area contributed by atoms with Gasteiger partial charge in [-0.05, 0) is 37.8 Å². The van der Waals surface area contributed by atoms with Crippen molar-refractivity contribution in [1.29, 1.82) is 0 Å². The number of benzene rings is 1. The van der Waals surface area contributed by atoms with Crippen molar-refractivity contribution in [3.05, 3.63) is 29.8 Å². The van der Waals surface area contributed by atoms with Gasteiger partial charge in [-0.3, -0.25) is 4.79 Å². The molecule has 1 aromatic carbocycles. The highest BCUT2D eigenvalue weighted by molar-refractivity contribution is 5.99. The second-order valence-electron chi connectivity index (χ2n) is 4.58. The van der Waals surface area contributed by atoms with Gasteiger partial charge in [0.25, 0.3) is 5.91 Å². The fraction of sp³-hybridized carbons (Fsp3) is 0.500. The molecule has 0 radical (unpaired) electrons. The number of carbonyl (C=O) groups excluding carboxylic acids is 1. The molecule has 0 aliphatic heterocycles. The Morgan fingerprint density at radius 3 is 2.76 bits per heavy atom. The lowest BCUT2D eigenvalue weighted by molar-refractivity contribution is 0.0940. The van der Waals surface area contributed by atoms with Gasteiger partial charge in [0.1, 0.15) is 0 Å². The average molecular weight is 232 g/mol. The van der Waals surface area contributed by atoms with Gasteiger partial charge in [-0.25, -0.2) is 0 Å². The zero-order valence-electron chi connectivity index (χ0n) is 10.3. The van der Waals surface area contributed by atoms with Crippen LogP contribution in [0.25, 0.3) is 0 Å². The molecule has 3 nitrogen and oxygen atoms in total. The number of amides is 1. The minimum absolute atomic E-state index is 0.0356. The smallest absolute Gasteiger partial charge is 0.253 e. The van der Waals surface area contributed by atoms with Crippen LogP contribution >= 0.6 is 0 Å². The van der Waals surface area contributed by atoms with Crippen molar-refractivity contribution in [3.8, 4) is 0 Å². The number of para-hydroxylation sites is 1. The van der Waals surface area contributed by atoms with Crippen molar-refractivity contribution in [2.24, 2.45) is 5.92 Å². The summed E-state index contributed by atoms with van der Waals surface area (Å²) in [5, 5.41) is 6.23. The minimum Gasteiger partial charge on any atom is -0.385 e. The summed E-state index contributed by atoms with van der Waals surface area (Å²) in [7, 11) is 0. The quantitative estimate of drug-likeness (QED) is 0.819. The first-order valence-corrected chi connectivity index (χ1v) is 6.42. The van der Waals surface area contributed by atoms with E-state index in [1.807, 2.05) is 31.2 Å². The Morgan fingerprint density at radius 1 is 1.35 bits per heavy atom. The lowest BCUT2D eigenvalue weighted by Gasteiger charge is -2.25. The Labute approximate surface area is 103 Å². The summed E-state index contributed by atoms with van der Waals surface area (Å²) >= 11 is 0. The van der Waals surface area contributed by atoms with Gasteiger partial charge in [0.2, 0.25) is 0 Å². The Balaban J connectivity index is 1.96. The third-order valence-electron chi connectivity index (χ3n) is 3.31. The van der Waals surface area contributed by atoms with Crippen molar-refractivity contribution in [2.45, 2.75) is 26.2 Å². The molecule has 0 saturated heterocycles.